The van der Waals surface area contributed by atoms with Crippen molar-refractivity contribution in [3.05, 3.63) is 89.7 Å². The lowest BCUT2D eigenvalue weighted by molar-refractivity contribution is 0.129. The molecule has 0 atom stereocenters. The van der Waals surface area contributed by atoms with Crippen LogP contribution in [0.4, 0.5) is 11.4 Å². The number of rotatable bonds is 7. The molecule has 4 aromatic rings. The van der Waals surface area contributed by atoms with Crippen molar-refractivity contribution in [2.24, 2.45) is 5.16 Å². The average Bonchev–Trinajstić information content (AvgIpc) is 3.29. The van der Waals surface area contributed by atoms with E-state index in [9.17, 15) is 0 Å². The number of fused-ring (bicyclic) bond motifs is 2. The summed E-state index contributed by atoms with van der Waals surface area (Å²) in [6.07, 6.45) is 3.59. The first-order chi connectivity index (χ1) is 16.2. The van der Waals surface area contributed by atoms with Crippen molar-refractivity contribution in [2.75, 3.05) is 19.1 Å². The molecule has 7 nitrogen and oxygen atoms in total. The molecule has 2 heterocycles. The van der Waals surface area contributed by atoms with Crippen LogP contribution in [0.2, 0.25) is 0 Å². The molecule has 0 unspecified atom stereocenters. The molecule has 0 bridgehead atoms. The molecule has 0 spiro atoms. The Hall–Kier alpha value is -3.78. The molecule has 0 radical (unpaired) electrons. The Morgan fingerprint density at radius 2 is 1.82 bits per heavy atom. The fourth-order valence-electron chi connectivity index (χ4n) is 3.64. The first-order valence-corrected chi connectivity index (χ1v) is 11.3. The van der Waals surface area contributed by atoms with Crippen molar-refractivity contribution in [2.45, 2.75) is 22.9 Å². The maximum Gasteiger partial charge on any atom is 0.162 e. The van der Waals surface area contributed by atoms with Gasteiger partial charge in [0.05, 0.1) is 37.4 Å². The van der Waals surface area contributed by atoms with Crippen molar-refractivity contribution in [3.63, 3.8) is 0 Å². The number of aromatic nitrogens is 3. The summed E-state index contributed by atoms with van der Waals surface area (Å²) in [7, 11) is 3.75. The summed E-state index contributed by atoms with van der Waals surface area (Å²) in [6, 6.07) is 22.6. The topological polar surface area (TPSA) is 64.8 Å². The number of anilines is 2. The molecule has 0 N–H and O–H groups in total. The van der Waals surface area contributed by atoms with Crippen molar-refractivity contribution in [1.29, 1.82) is 0 Å². The number of nitrogens with zero attached hydrogens (tertiary/aromatic N) is 5. The van der Waals surface area contributed by atoms with Gasteiger partial charge in [0.15, 0.2) is 6.61 Å². The molecule has 1 aliphatic rings. The second kappa shape index (κ2) is 9.38. The fraction of sp³-hybridized carbons (Fsp3) is 0.160. The Morgan fingerprint density at radius 3 is 2.67 bits per heavy atom. The Bertz CT molecular complexity index is 1290. The molecule has 5 rings (SSSR count). The number of benzene rings is 3. The van der Waals surface area contributed by atoms with Gasteiger partial charge in [0.2, 0.25) is 0 Å². The normalized spacial score (nSPS) is 12.5. The highest BCUT2D eigenvalue weighted by atomic mass is 32.2. The predicted molar refractivity (Wildman–Crippen MR) is 130 cm³/mol. The summed E-state index contributed by atoms with van der Waals surface area (Å²) in [5.41, 5.74) is 5.23. The Balaban J connectivity index is 1.17. The van der Waals surface area contributed by atoms with Crippen molar-refractivity contribution >= 4 is 29.4 Å². The van der Waals surface area contributed by atoms with Gasteiger partial charge in [-0.3, -0.25) is 0 Å². The number of methoxy groups -OCH3 is 1. The third kappa shape index (κ3) is 4.70. The van der Waals surface area contributed by atoms with Crippen LogP contribution in [0.3, 0.4) is 0 Å². The van der Waals surface area contributed by atoms with Crippen LogP contribution in [0.5, 0.6) is 5.75 Å². The van der Waals surface area contributed by atoms with Crippen LogP contribution in [0.15, 0.2) is 87.9 Å². The monoisotopic (exact) mass is 457 g/mol. The van der Waals surface area contributed by atoms with E-state index in [0.717, 1.165) is 22.6 Å². The van der Waals surface area contributed by atoms with Gasteiger partial charge in [0.25, 0.3) is 0 Å². The maximum absolute atomic E-state index is 5.46. The van der Waals surface area contributed by atoms with Gasteiger partial charge in [-0.1, -0.05) is 52.5 Å². The van der Waals surface area contributed by atoms with Crippen LogP contribution in [-0.4, -0.2) is 35.4 Å². The SMILES string of the molecule is COc1ccc(Cn2cc(CO/N=C/c3ccc4c(c3)Sc3ccccc3N4C)nn2)cc1. The van der Waals surface area contributed by atoms with E-state index in [2.05, 4.69) is 63.8 Å². The minimum absolute atomic E-state index is 0.259. The highest BCUT2D eigenvalue weighted by Gasteiger charge is 2.20. The molecule has 0 amide bonds. The highest BCUT2D eigenvalue weighted by molar-refractivity contribution is 7.99. The van der Waals surface area contributed by atoms with Crippen LogP contribution < -0.4 is 9.64 Å². The zero-order valence-electron chi connectivity index (χ0n) is 18.4. The molecule has 0 saturated heterocycles. The summed E-state index contributed by atoms with van der Waals surface area (Å²) in [4.78, 5) is 10.1. The molecular weight excluding hydrogens is 434 g/mol. The summed E-state index contributed by atoms with van der Waals surface area (Å²) in [5, 5.41) is 12.4. The minimum atomic E-state index is 0.259. The number of para-hydroxylation sites is 1. The highest BCUT2D eigenvalue weighted by Crippen LogP contribution is 2.47. The van der Waals surface area contributed by atoms with E-state index in [4.69, 9.17) is 9.57 Å². The number of ether oxygens (including phenoxy) is 1. The largest absolute Gasteiger partial charge is 0.497 e. The van der Waals surface area contributed by atoms with E-state index >= 15 is 0 Å². The number of hydrogen-bond donors (Lipinski definition) is 0. The summed E-state index contributed by atoms with van der Waals surface area (Å²) in [6.45, 7) is 0.888. The van der Waals surface area contributed by atoms with Gasteiger partial charge in [0, 0.05) is 16.8 Å². The maximum atomic E-state index is 5.46. The van der Waals surface area contributed by atoms with Crippen LogP contribution in [-0.2, 0) is 18.0 Å². The second-order valence-corrected chi connectivity index (χ2v) is 8.70. The Kier molecular flexibility index (Phi) is 5.99. The number of oxime groups is 1. The van der Waals surface area contributed by atoms with Crippen molar-refractivity contribution in [3.8, 4) is 5.75 Å². The third-order valence-electron chi connectivity index (χ3n) is 5.37. The molecule has 8 heteroatoms. The number of hydrogen-bond acceptors (Lipinski definition) is 7. The van der Waals surface area contributed by atoms with E-state index in [1.54, 1.807) is 29.8 Å². The van der Waals surface area contributed by atoms with Crippen molar-refractivity contribution in [1.82, 2.24) is 15.0 Å². The van der Waals surface area contributed by atoms with Gasteiger partial charge in [-0.2, -0.15) is 0 Å². The predicted octanol–water partition coefficient (Wildman–Crippen LogP) is 5.12. The molecule has 0 fully saturated rings. The van der Waals surface area contributed by atoms with Crippen molar-refractivity contribution < 1.29 is 9.57 Å². The van der Waals surface area contributed by atoms with Gasteiger partial charge in [0.1, 0.15) is 11.4 Å². The quantitative estimate of drug-likeness (QED) is 0.284. The van der Waals surface area contributed by atoms with Crippen LogP contribution in [0, 0.1) is 0 Å². The smallest absolute Gasteiger partial charge is 0.162 e. The molecule has 1 aromatic heterocycles. The lowest BCUT2D eigenvalue weighted by Gasteiger charge is -2.29. The third-order valence-corrected chi connectivity index (χ3v) is 6.48. The lowest BCUT2D eigenvalue weighted by atomic mass is 10.2. The first kappa shape index (κ1) is 21.1. The van der Waals surface area contributed by atoms with E-state index in [1.807, 2.05) is 36.5 Å². The van der Waals surface area contributed by atoms with E-state index < -0.39 is 0 Å². The van der Waals surface area contributed by atoms with E-state index in [1.165, 1.54) is 21.2 Å². The van der Waals surface area contributed by atoms with E-state index in [-0.39, 0.29) is 6.61 Å². The van der Waals surface area contributed by atoms with E-state index in [0.29, 0.717) is 6.54 Å². The molecule has 0 aliphatic carbocycles. The Morgan fingerprint density at radius 1 is 1.00 bits per heavy atom. The molecular formula is C25H23N5O2S. The molecule has 166 valence electrons. The van der Waals surface area contributed by atoms with Crippen LogP contribution >= 0.6 is 11.8 Å². The molecule has 0 saturated carbocycles. The second-order valence-electron chi connectivity index (χ2n) is 7.62. The van der Waals surface area contributed by atoms with Gasteiger partial charge in [-0.05, 0) is 47.5 Å². The van der Waals surface area contributed by atoms with Crippen LogP contribution in [0.1, 0.15) is 16.8 Å². The van der Waals surface area contributed by atoms with Gasteiger partial charge < -0.3 is 14.5 Å². The lowest BCUT2D eigenvalue weighted by Crippen LogP contribution is -2.14. The standard InChI is InChI=1S/C25H23N5O2S/c1-29-22-5-3-4-6-24(22)33-25-13-19(9-12-23(25)29)14-26-32-17-20-16-30(28-27-20)15-18-7-10-21(31-2)11-8-18/h3-14,16H,15,17H2,1-2H3/b26-14+. The average molecular weight is 458 g/mol. The fourth-order valence-corrected chi connectivity index (χ4v) is 4.84. The zero-order valence-corrected chi connectivity index (χ0v) is 19.2. The summed E-state index contributed by atoms with van der Waals surface area (Å²) < 4.78 is 6.97. The van der Waals surface area contributed by atoms with Gasteiger partial charge >= 0.3 is 0 Å². The van der Waals surface area contributed by atoms with Gasteiger partial charge in [-0.15, -0.1) is 5.10 Å². The van der Waals surface area contributed by atoms with Crippen LogP contribution in [0.25, 0.3) is 0 Å². The zero-order chi connectivity index (χ0) is 22.6. The van der Waals surface area contributed by atoms with Gasteiger partial charge in [-0.25, -0.2) is 4.68 Å². The first-order valence-electron chi connectivity index (χ1n) is 10.5. The Labute approximate surface area is 196 Å². The molecule has 33 heavy (non-hydrogen) atoms. The summed E-state index contributed by atoms with van der Waals surface area (Å²) in [5.74, 6) is 0.832. The summed E-state index contributed by atoms with van der Waals surface area (Å²) >= 11 is 1.77. The molecule has 3 aromatic carbocycles. The minimum Gasteiger partial charge on any atom is -0.497 e. The molecule has 1 aliphatic heterocycles.